The predicted octanol–water partition coefficient (Wildman–Crippen LogP) is 5.95. The van der Waals surface area contributed by atoms with Crippen LogP contribution in [0.25, 0.3) is 5.69 Å². The first kappa shape index (κ1) is 29.4. The second-order valence-corrected chi connectivity index (χ2v) is 12.1. The number of hydrogen-bond acceptors (Lipinski definition) is 9. The summed E-state index contributed by atoms with van der Waals surface area (Å²) in [5, 5.41) is 20.6. The zero-order valence-corrected chi connectivity index (χ0v) is 26.0. The Morgan fingerprint density at radius 3 is 2.66 bits per heavy atom. The van der Waals surface area contributed by atoms with Gasteiger partial charge >= 0.3 is 0 Å². The zero-order valence-electron chi connectivity index (χ0n) is 24.4. The second kappa shape index (κ2) is 12.9. The molecule has 6 rings (SSSR count). The predicted molar refractivity (Wildman–Crippen MR) is 169 cm³/mol. The summed E-state index contributed by atoms with van der Waals surface area (Å²) in [7, 11) is 1.63. The first-order chi connectivity index (χ1) is 21.4. The van der Waals surface area contributed by atoms with Gasteiger partial charge in [-0.2, -0.15) is 5.10 Å². The minimum Gasteiger partial charge on any atom is -0.497 e. The van der Waals surface area contributed by atoms with Gasteiger partial charge in [0.25, 0.3) is 11.8 Å². The number of carbonyl (C=O) groups excluding carboxylic acids is 2. The zero-order chi connectivity index (χ0) is 30.6. The minimum atomic E-state index is -0.354. The molecule has 1 N–H and O–H groups in total. The topological polar surface area (TPSA) is 115 Å². The van der Waals surface area contributed by atoms with Crippen LogP contribution in [0, 0.1) is 13.8 Å². The van der Waals surface area contributed by atoms with E-state index in [2.05, 4.69) is 15.5 Å². The van der Waals surface area contributed by atoms with Crippen LogP contribution in [0.2, 0.25) is 0 Å². The molecule has 1 aliphatic rings. The van der Waals surface area contributed by atoms with Gasteiger partial charge in [-0.05, 0) is 72.3 Å². The number of nitrogens with one attached hydrogen (secondary N) is 1. The highest BCUT2D eigenvalue weighted by molar-refractivity contribution is 7.99. The van der Waals surface area contributed by atoms with Gasteiger partial charge in [-0.25, -0.2) is 5.01 Å². The molecule has 0 aliphatic carbocycles. The molecule has 3 aromatic heterocycles. The number of hydrazone groups is 1. The van der Waals surface area contributed by atoms with Crippen LogP contribution in [0.5, 0.6) is 5.75 Å². The molecule has 1 aliphatic heterocycles. The Morgan fingerprint density at radius 1 is 1.09 bits per heavy atom. The second-order valence-electron chi connectivity index (χ2n) is 10.2. The molecule has 0 saturated carbocycles. The van der Waals surface area contributed by atoms with Crippen LogP contribution in [-0.2, 0) is 11.3 Å². The number of furan rings is 1. The number of hydrogen-bond donors (Lipinski definition) is 1. The molecule has 2 aromatic carbocycles. The van der Waals surface area contributed by atoms with E-state index in [0.29, 0.717) is 17.4 Å². The normalized spacial score (nSPS) is 14.5. The minimum absolute atomic E-state index is 0.0929. The van der Waals surface area contributed by atoms with Gasteiger partial charge in [0.15, 0.2) is 16.7 Å². The summed E-state index contributed by atoms with van der Waals surface area (Å²) in [5.74, 6) is 1.08. The lowest BCUT2D eigenvalue weighted by molar-refractivity contribution is -0.130. The molecule has 0 radical (unpaired) electrons. The van der Waals surface area contributed by atoms with Gasteiger partial charge in [-0.1, -0.05) is 42.1 Å². The highest BCUT2D eigenvalue weighted by Gasteiger charge is 2.34. The van der Waals surface area contributed by atoms with Crippen molar-refractivity contribution in [2.45, 2.75) is 38.0 Å². The molecular weight excluding hydrogens is 597 g/mol. The number of ether oxygens (including phenoxy) is 1. The van der Waals surface area contributed by atoms with Crippen molar-refractivity contribution in [3.8, 4) is 11.4 Å². The van der Waals surface area contributed by atoms with Crippen molar-refractivity contribution in [3.05, 3.63) is 112 Å². The largest absolute Gasteiger partial charge is 0.497 e. The monoisotopic (exact) mass is 626 g/mol. The third kappa shape index (κ3) is 6.17. The van der Waals surface area contributed by atoms with E-state index in [9.17, 15) is 9.59 Å². The molecule has 0 bridgehead atoms. The molecule has 0 spiro atoms. The van der Waals surface area contributed by atoms with Gasteiger partial charge in [0.05, 0.1) is 48.0 Å². The first-order valence-corrected chi connectivity index (χ1v) is 15.8. The van der Waals surface area contributed by atoms with Crippen LogP contribution in [0.1, 0.15) is 50.4 Å². The molecule has 0 saturated heterocycles. The molecule has 5 aromatic rings. The molecule has 10 nitrogen and oxygen atoms in total. The molecular formula is C32H30N6O4S2. The lowest BCUT2D eigenvalue weighted by atomic mass is 10.0. The van der Waals surface area contributed by atoms with Crippen molar-refractivity contribution in [2.24, 2.45) is 5.10 Å². The van der Waals surface area contributed by atoms with Crippen molar-refractivity contribution >= 4 is 40.6 Å². The van der Waals surface area contributed by atoms with E-state index in [1.165, 1.54) is 18.0 Å². The maximum absolute atomic E-state index is 13.8. The molecule has 44 heavy (non-hydrogen) atoms. The molecule has 2 amide bonds. The number of carbonyl (C=O) groups is 2. The van der Waals surface area contributed by atoms with Crippen LogP contribution >= 0.6 is 23.1 Å². The van der Waals surface area contributed by atoms with E-state index in [0.717, 1.165) is 38.7 Å². The summed E-state index contributed by atoms with van der Waals surface area (Å²) in [6.45, 7) is 4.14. The summed E-state index contributed by atoms with van der Waals surface area (Å²) < 4.78 is 12.4. The molecule has 4 heterocycles. The highest BCUT2D eigenvalue weighted by atomic mass is 32.2. The Bertz CT molecular complexity index is 1800. The molecule has 12 heteroatoms. The van der Waals surface area contributed by atoms with Crippen LogP contribution in [0.15, 0.2) is 93.0 Å². The van der Waals surface area contributed by atoms with Crippen molar-refractivity contribution in [3.63, 3.8) is 0 Å². The summed E-state index contributed by atoms with van der Waals surface area (Å²) >= 11 is 2.89. The number of amides is 2. The van der Waals surface area contributed by atoms with Gasteiger partial charge in [0.2, 0.25) is 0 Å². The summed E-state index contributed by atoms with van der Waals surface area (Å²) in [6.07, 6.45) is 2.06. The van der Waals surface area contributed by atoms with E-state index in [1.807, 2.05) is 78.4 Å². The van der Waals surface area contributed by atoms with E-state index in [4.69, 9.17) is 14.3 Å². The summed E-state index contributed by atoms with van der Waals surface area (Å²) in [4.78, 5) is 27.4. The SMILES string of the molecule is COc1ccc([C@@H]2CC(c3cccs3)=NN2C(=O)CSc2nnc(CNC(=O)c3ccco3)n2-c2cc(C)ccc2C)cc1. The Morgan fingerprint density at radius 2 is 1.93 bits per heavy atom. The highest BCUT2D eigenvalue weighted by Crippen LogP contribution is 2.35. The molecule has 0 unspecified atom stereocenters. The fraction of sp³-hybridized carbons (Fsp3) is 0.219. The van der Waals surface area contributed by atoms with E-state index in [-0.39, 0.29) is 35.9 Å². The number of thioether (sulfide) groups is 1. The third-order valence-corrected chi connectivity index (χ3v) is 9.09. The van der Waals surface area contributed by atoms with Gasteiger partial charge in [0, 0.05) is 6.42 Å². The van der Waals surface area contributed by atoms with E-state index >= 15 is 0 Å². The van der Waals surface area contributed by atoms with E-state index < -0.39 is 0 Å². The number of rotatable bonds is 10. The third-order valence-electron chi connectivity index (χ3n) is 7.25. The number of thiophene rings is 1. The number of benzene rings is 2. The Balaban J connectivity index is 1.26. The molecule has 224 valence electrons. The fourth-order valence-corrected chi connectivity index (χ4v) is 6.51. The number of aromatic nitrogens is 3. The summed E-state index contributed by atoms with van der Waals surface area (Å²) in [6, 6.07) is 20.9. The van der Waals surface area contributed by atoms with Crippen molar-refractivity contribution in [1.82, 2.24) is 25.1 Å². The Labute approximate surface area is 262 Å². The lowest BCUT2D eigenvalue weighted by Gasteiger charge is -2.22. The maximum Gasteiger partial charge on any atom is 0.287 e. The first-order valence-electron chi connectivity index (χ1n) is 13.9. The standard InChI is InChI=1S/C32H30N6O4S2/c1-20-8-9-21(2)25(16-20)37-29(18-33-31(40)27-6-4-14-42-27)34-35-32(37)44-19-30(39)38-26(22-10-12-23(41-3)13-11-22)17-24(36-38)28-7-5-15-43-28/h4-16,26H,17-19H2,1-3H3,(H,33,40)/t26-/m0/s1. The maximum atomic E-state index is 13.8. The fourth-order valence-electron chi connectivity index (χ4n) is 4.97. The van der Waals surface area contributed by atoms with Crippen LogP contribution in [-0.4, -0.2) is 50.2 Å². The van der Waals surface area contributed by atoms with Gasteiger partial charge < -0.3 is 14.5 Å². The van der Waals surface area contributed by atoms with Crippen LogP contribution in [0.4, 0.5) is 0 Å². The van der Waals surface area contributed by atoms with Gasteiger partial charge in [-0.15, -0.1) is 21.5 Å². The number of methoxy groups -OCH3 is 1. The van der Waals surface area contributed by atoms with Crippen LogP contribution < -0.4 is 10.1 Å². The van der Waals surface area contributed by atoms with Crippen molar-refractivity contribution < 1.29 is 18.7 Å². The Kier molecular flexibility index (Phi) is 8.62. The summed E-state index contributed by atoms with van der Waals surface area (Å²) in [5.41, 5.74) is 4.81. The smallest absolute Gasteiger partial charge is 0.287 e. The van der Waals surface area contributed by atoms with E-state index in [1.54, 1.807) is 35.6 Å². The quantitative estimate of drug-likeness (QED) is 0.191. The average Bonchev–Trinajstić information content (AvgIpc) is 3.86. The average molecular weight is 627 g/mol. The molecule has 0 fully saturated rings. The van der Waals surface area contributed by atoms with Crippen LogP contribution in [0.3, 0.4) is 0 Å². The molecule has 1 atom stereocenters. The van der Waals surface area contributed by atoms with Crippen molar-refractivity contribution in [1.29, 1.82) is 0 Å². The van der Waals surface area contributed by atoms with Gasteiger partial charge in [0.1, 0.15) is 5.75 Å². The van der Waals surface area contributed by atoms with Gasteiger partial charge in [-0.3, -0.25) is 14.2 Å². The number of nitrogens with zero attached hydrogens (tertiary/aromatic N) is 5. The van der Waals surface area contributed by atoms with Crippen molar-refractivity contribution in [2.75, 3.05) is 12.9 Å². The Hall–Kier alpha value is -4.68. The lowest BCUT2D eigenvalue weighted by Crippen LogP contribution is -2.28. The number of aryl methyl sites for hydroxylation is 2.